The standard InChI is InChI=1S/C11H7ClF3N3/c12-6-1-2-7(8(5-6)11(13,14)15)9(16)10-17-3-4-18-10/h1-5,16H,(H,17,18). The van der Waals surface area contributed by atoms with Crippen LogP contribution < -0.4 is 0 Å². The summed E-state index contributed by atoms with van der Waals surface area (Å²) in [4.78, 5) is 6.35. The van der Waals surface area contributed by atoms with Crippen molar-refractivity contribution in [1.82, 2.24) is 9.97 Å². The van der Waals surface area contributed by atoms with Gasteiger partial charge in [-0.15, -0.1) is 0 Å². The molecule has 0 aliphatic rings. The first-order valence-corrected chi connectivity index (χ1v) is 5.23. The summed E-state index contributed by atoms with van der Waals surface area (Å²) in [5.41, 5.74) is -1.54. The van der Waals surface area contributed by atoms with Gasteiger partial charge in [-0.05, 0) is 12.1 Å². The molecule has 1 aromatic carbocycles. The Labute approximate surface area is 105 Å². The van der Waals surface area contributed by atoms with E-state index >= 15 is 0 Å². The van der Waals surface area contributed by atoms with Crippen molar-refractivity contribution in [2.24, 2.45) is 0 Å². The zero-order valence-electron chi connectivity index (χ0n) is 8.85. The molecule has 94 valence electrons. The average Bonchev–Trinajstić information content (AvgIpc) is 2.80. The quantitative estimate of drug-likeness (QED) is 0.809. The molecule has 0 bridgehead atoms. The smallest absolute Gasteiger partial charge is 0.343 e. The van der Waals surface area contributed by atoms with Crippen LogP contribution >= 0.6 is 11.6 Å². The van der Waals surface area contributed by atoms with Crippen LogP contribution in [-0.2, 0) is 6.18 Å². The Bertz CT molecular complexity index is 576. The number of aromatic nitrogens is 2. The van der Waals surface area contributed by atoms with Gasteiger partial charge in [0.25, 0.3) is 0 Å². The Balaban J connectivity index is 2.55. The molecule has 7 heteroatoms. The summed E-state index contributed by atoms with van der Waals surface area (Å²) in [6.07, 6.45) is -1.76. The predicted molar refractivity (Wildman–Crippen MR) is 61.0 cm³/mol. The number of H-pyrrole nitrogens is 1. The van der Waals surface area contributed by atoms with E-state index in [-0.39, 0.29) is 22.1 Å². The molecule has 0 aliphatic carbocycles. The third-order valence-corrected chi connectivity index (χ3v) is 2.53. The van der Waals surface area contributed by atoms with Crippen molar-refractivity contribution in [1.29, 1.82) is 5.41 Å². The highest BCUT2D eigenvalue weighted by Gasteiger charge is 2.35. The molecule has 0 radical (unpaired) electrons. The second-order valence-corrected chi connectivity index (χ2v) is 3.94. The molecule has 0 aliphatic heterocycles. The number of alkyl halides is 3. The van der Waals surface area contributed by atoms with E-state index in [9.17, 15) is 13.2 Å². The molecule has 2 aromatic rings. The summed E-state index contributed by atoms with van der Waals surface area (Å²) in [6.45, 7) is 0. The maximum Gasteiger partial charge on any atom is 0.417 e. The fraction of sp³-hybridized carbons (Fsp3) is 0.0909. The van der Waals surface area contributed by atoms with Crippen molar-refractivity contribution in [3.63, 3.8) is 0 Å². The second-order valence-electron chi connectivity index (χ2n) is 3.50. The molecule has 2 rings (SSSR count). The van der Waals surface area contributed by atoms with Crippen LogP contribution in [0.1, 0.15) is 17.0 Å². The van der Waals surface area contributed by atoms with Gasteiger partial charge in [-0.3, -0.25) is 5.41 Å². The Morgan fingerprint density at radius 2 is 2.06 bits per heavy atom. The number of nitrogens with one attached hydrogen (secondary N) is 2. The van der Waals surface area contributed by atoms with E-state index in [0.29, 0.717) is 0 Å². The highest BCUT2D eigenvalue weighted by atomic mass is 35.5. The zero-order chi connectivity index (χ0) is 13.3. The average molecular weight is 274 g/mol. The third kappa shape index (κ3) is 2.38. The van der Waals surface area contributed by atoms with E-state index in [1.165, 1.54) is 18.5 Å². The Morgan fingerprint density at radius 3 is 2.61 bits per heavy atom. The summed E-state index contributed by atoms with van der Waals surface area (Å²) in [7, 11) is 0. The van der Waals surface area contributed by atoms with Gasteiger partial charge in [0.1, 0.15) is 5.71 Å². The van der Waals surface area contributed by atoms with Gasteiger partial charge in [0, 0.05) is 23.0 Å². The molecule has 0 saturated carbocycles. The fourth-order valence-corrected chi connectivity index (χ4v) is 1.67. The number of imidazole rings is 1. The van der Waals surface area contributed by atoms with Gasteiger partial charge >= 0.3 is 6.18 Å². The highest BCUT2D eigenvalue weighted by Crippen LogP contribution is 2.34. The first-order valence-electron chi connectivity index (χ1n) is 4.85. The van der Waals surface area contributed by atoms with Gasteiger partial charge in [-0.1, -0.05) is 17.7 Å². The molecular formula is C11H7ClF3N3. The van der Waals surface area contributed by atoms with Crippen molar-refractivity contribution >= 4 is 17.3 Å². The van der Waals surface area contributed by atoms with Crippen LogP contribution in [-0.4, -0.2) is 15.7 Å². The maximum atomic E-state index is 12.8. The van der Waals surface area contributed by atoms with E-state index in [0.717, 1.165) is 12.1 Å². The lowest BCUT2D eigenvalue weighted by Crippen LogP contribution is -2.14. The summed E-state index contributed by atoms with van der Waals surface area (Å²) >= 11 is 5.56. The van der Waals surface area contributed by atoms with Crippen LogP contribution in [0.4, 0.5) is 13.2 Å². The monoisotopic (exact) mass is 273 g/mol. The number of benzene rings is 1. The Kier molecular flexibility index (Phi) is 3.13. The summed E-state index contributed by atoms with van der Waals surface area (Å²) < 4.78 is 38.5. The second kappa shape index (κ2) is 4.45. The molecule has 18 heavy (non-hydrogen) atoms. The fourth-order valence-electron chi connectivity index (χ4n) is 1.50. The van der Waals surface area contributed by atoms with Gasteiger partial charge < -0.3 is 4.98 Å². The Morgan fingerprint density at radius 1 is 1.33 bits per heavy atom. The lowest BCUT2D eigenvalue weighted by atomic mass is 10.0. The molecule has 0 atom stereocenters. The number of hydrogen-bond acceptors (Lipinski definition) is 2. The number of rotatable bonds is 2. The predicted octanol–water partition coefficient (Wildman–Crippen LogP) is 3.50. The normalized spacial score (nSPS) is 11.6. The first kappa shape index (κ1) is 12.6. The molecule has 2 N–H and O–H groups in total. The van der Waals surface area contributed by atoms with Gasteiger partial charge in [0.15, 0.2) is 5.82 Å². The van der Waals surface area contributed by atoms with Crippen molar-refractivity contribution in [2.75, 3.05) is 0 Å². The van der Waals surface area contributed by atoms with E-state index in [2.05, 4.69) is 9.97 Å². The van der Waals surface area contributed by atoms with Crippen molar-refractivity contribution in [2.45, 2.75) is 6.18 Å². The number of halogens is 4. The van der Waals surface area contributed by atoms with Crippen LogP contribution in [0.2, 0.25) is 5.02 Å². The van der Waals surface area contributed by atoms with E-state index in [1.807, 2.05) is 0 Å². The van der Waals surface area contributed by atoms with Crippen LogP contribution in [0.15, 0.2) is 30.6 Å². The largest absolute Gasteiger partial charge is 0.417 e. The summed E-state index contributed by atoms with van der Waals surface area (Å²) in [5, 5.41) is 7.71. The van der Waals surface area contributed by atoms with Gasteiger partial charge in [-0.25, -0.2) is 4.98 Å². The topological polar surface area (TPSA) is 52.5 Å². The van der Waals surface area contributed by atoms with Gasteiger partial charge in [0.05, 0.1) is 5.56 Å². The number of aromatic amines is 1. The minimum absolute atomic E-state index is 0.0293. The minimum Gasteiger partial charge on any atom is -0.343 e. The summed E-state index contributed by atoms with van der Waals surface area (Å²) in [6, 6.07) is 3.27. The molecule has 0 spiro atoms. The van der Waals surface area contributed by atoms with Crippen molar-refractivity contribution < 1.29 is 13.2 Å². The van der Waals surface area contributed by atoms with E-state index in [4.69, 9.17) is 17.0 Å². The highest BCUT2D eigenvalue weighted by molar-refractivity contribution is 6.30. The van der Waals surface area contributed by atoms with Crippen LogP contribution in [0.25, 0.3) is 0 Å². The van der Waals surface area contributed by atoms with E-state index < -0.39 is 11.7 Å². The third-order valence-electron chi connectivity index (χ3n) is 2.29. The van der Waals surface area contributed by atoms with Crippen molar-refractivity contribution in [3.05, 3.63) is 52.6 Å². The van der Waals surface area contributed by atoms with Gasteiger partial charge in [-0.2, -0.15) is 13.2 Å². The molecule has 0 unspecified atom stereocenters. The lowest BCUT2D eigenvalue weighted by Gasteiger charge is -2.13. The number of nitrogens with zero attached hydrogens (tertiary/aromatic N) is 1. The SMILES string of the molecule is N=C(c1ncc[nH]1)c1ccc(Cl)cc1C(F)(F)F. The maximum absolute atomic E-state index is 12.8. The van der Waals surface area contributed by atoms with Gasteiger partial charge in [0.2, 0.25) is 0 Å². The molecule has 0 saturated heterocycles. The molecule has 1 aromatic heterocycles. The molecular weight excluding hydrogens is 267 g/mol. The molecule has 0 fully saturated rings. The molecule has 1 heterocycles. The van der Waals surface area contributed by atoms with Crippen molar-refractivity contribution in [3.8, 4) is 0 Å². The molecule has 3 nitrogen and oxygen atoms in total. The zero-order valence-corrected chi connectivity index (χ0v) is 9.60. The van der Waals surface area contributed by atoms with E-state index in [1.54, 1.807) is 0 Å². The van der Waals surface area contributed by atoms with Crippen LogP contribution in [0.3, 0.4) is 0 Å². The first-order chi connectivity index (χ1) is 8.39. The Hall–Kier alpha value is -1.82. The van der Waals surface area contributed by atoms with Crippen LogP contribution in [0.5, 0.6) is 0 Å². The summed E-state index contributed by atoms with van der Waals surface area (Å²) in [5.74, 6) is 0.0721. The number of hydrogen-bond donors (Lipinski definition) is 2. The minimum atomic E-state index is -4.57. The van der Waals surface area contributed by atoms with Crippen LogP contribution in [0, 0.1) is 5.41 Å². The lowest BCUT2D eigenvalue weighted by molar-refractivity contribution is -0.137. The molecule has 0 amide bonds.